The van der Waals surface area contributed by atoms with Gasteiger partial charge in [-0.1, -0.05) is 26.2 Å². The zero-order valence-corrected chi connectivity index (χ0v) is 10.2. The van der Waals surface area contributed by atoms with Crippen LogP contribution in [0.2, 0.25) is 0 Å². The van der Waals surface area contributed by atoms with Gasteiger partial charge in [0.25, 0.3) is 0 Å². The van der Waals surface area contributed by atoms with Gasteiger partial charge < -0.3 is 5.32 Å². The standard InChI is InChI=1S/C13H26N2/c1-2-14-12-8-4-3-5-9-13(12)15-10-6-7-11-15/h12-14H,2-11H2,1H3. The van der Waals surface area contributed by atoms with Crippen molar-refractivity contribution >= 4 is 0 Å². The third-order valence-electron chi connectivity index (χ3n) is 4.06. The summed E-state index contributed by atoms with van der Waals surface area (Å²) in [6, 6.07) is 1.62. The third-order valence-corrected chi connectivity index (χ3v) is 4.06. The van der Waals surface area contributed by atoms with E-state index < -0.39 is 0 Å². The van der Waals surface area contributed by atoms with Gasteiger partial charge >= 0.3 is 0 Å². The Morgan fingerprint density at radius 1 is 1.00 bits per heavy atom. The Morgan fingerprint density at radius 2 is 1.73 bits per heavy atom. The maximum atomic E-state index is 3.71. The molecule has 0 bridgehead atoms. The highest BCUT2D eigenvalue weighted by atomic mass is 15.2. The van der Waals surface area contributed by atoms with E-state index in [1.165, 1.54) is 58.0 Å². The molecule has 0 aromatic carbocycles. The van der Waals surface area contributed by atoms with Crippen molar-refractivity contribution < 1.29 is 0 Å². The highest BCUT2D eigenvalue weighted by Gasteiger charge is 2.29. The smallest absolute Gasteiger partial charge is 0.0249 e. The first-order valence-corrected chi connectivity index (χ1v) is 6.89. The molecule has 1 N–H and O–H groups in total. The van der Waals surface area contributed by atoms with Crippen molar-refractivity contribution in [2.75, 3.05) is 19.6 Å². The van der Waals surface area contributed by atoms with E-state index in [0.717, 1.165) is 18.6 Å². The molecule has 2 fully saturated rings. The first-order valence-electron chi connectivity index (χ1n) is 6.89. The van der Waals surface area contributed by atoms with Gasteiger partial charge in [0.2, 0.25) is 0 Å². The molecular weight excluding hydrogens is 184 g/mol. The SMILES string of the molecule is CCNC1CCCCCC1N1CCCC1. The Bertz CT molecular complexity index is 175. The van der Waals surface area contributed by atoms with Crippen molar-refractivity contribution in [3.05, 3.63) is 0 Å². The summed E-state index contributed by atoms with van der Waals surface area (Å²) in [6.45, 7) is 6.08. The number of hydrogen-bond acceptors (Lipinski definition) is 2. The molecule has 2 nitrogen and oxygen atoms in total. The molecule has 0 amide bonds. The Kier molecular flexibility index (Phi) is 4.45. The quantitative estimate of drug-likeness (QED) is 0.720. The molecule has 2 rings (SSSR count). The summed E-state index contributed by atoms with van der Waals surface area (Å²) < 4.78 is 0. The van der Waals surface area contributed by atoms with Gasteiger partial charge in [0.1, 0.15) is 0 Å². The number of nitrogens with one attached hydrogen (secondary N) is 1. The van der Waals surface area contributed by atoms with Gasteiger partial charge in [-0.15, -0.1) is 0 Å². The van der Waals surface area contributed by atoms with Crippen LogP contribution >= 0.6 is 0 Å². The summed E-state index contributed by atoms with van der Waals surface area (Å²) in [5.41, 5.74) is 0. The minimum atomic E-state index is 0.774. The Labute approximate surface area is 94.4 Å². The van der Waals surface area contributed by atoms with Crippen molar-refractivity contribution in [3.8, 4) is 0 Å². The van der Waals surface area contributed by atoms with Crippen LogP contribution in [0.25, 0.3) is 0 Å². The number of hydrogen-bond donors (Lipinski definition) is 1. The monoisotopic (exact) mass is 210 g/mol. The van der Waals surface area contributed by atoms with Crippen molar-refractivity contribution in [1.29, 1.82) is 0 Å². The summed E-state index contributed by atoms with van der Waals surface area (Å²) in [5.74, 6) is 0. The number of rotatable bonds is 3. The van der Waals surface area contributed by atoms with E-state index in [-0.39, 0.29) is 0 Å². The third kappa shape index (κ3) is 2.94. The predicted octanol–water partition coefficient (Wildman–Crippen LogP) is 2.39. The van der Waals surface area contributed by atoms with E-state index in [1.807, 2.05) is 0 Å². The van der Waals surface area contributed by atoms with Gasteiger partial charge in [-0.25, -0.2) is 0 Å². The zero-order chi connectivity index (χ0) is 10.5. The zero-order valence-electron chi connectivity index (χ0n) is 10.2. The lowest BCUT2D eigenvalue weighted by atomic mass is 10.0. The molecule has 1 aliphatic carbocycles. The second kappa shape index (κ2) is 5.86. The van der Waals surface area contributed by atoms with E-state index in [0.29, 0.717) is 0 Å². The number of likely N-dealkylation sites (N-methyl/N-ethyl adjacent to an activating group) is 1. The molecule has 1 saturated heterocycles. The molecule has 2 unspecified atom stereocenters. The molecule has 1 aliphatic heterocycles. The summed E-state index contributed by atoms with van der Waals surface area (Å²) in [4.78, 5) is 2.75. The van der Waals surface area contributed by atoms with Gasteiger partial charge in [0, 0.05) is 12.1 Å². The summed E-state index contributed by atoms with van der Waals surface area (Å²) in [5, 5.41) is 3.71. The van der Waals surface area contributed by atoms with Crippen LogP contribution in [0.3, 0.4) is 0 Å². The molecule has 0 aromatic rings. The average Bonchev–Trinajstić information content (AvgIpc) is 2.67. The lowest BCUT2D eigenvalue weighted by Crippen LogP contribution is -2.48. The molecule has 2 heteroatoms. The highest BCUT2D eigenvalue weighted by molar-refractivity contribution is 4.88. The number of nitrogens with zero attached hydrogens (tertiary/aromatic N) is 1. The van der Waals surface area contributed by atoms with Crippen molar-refractivity contribution in [1.82, 2.24) is 10.2 Å². The van der Waals surface area contributed by atoms with Crippen molar-refractivity contribution in [2.45, 2.75) is 64.0 Å². The number of likely N-dealkylation sites (tertiary alicyclic amines) is 1. The van der Waals surface area contributed by atoms with Gasteiger partial charge in [0.15, 0.2) is 0 Å². The summed E-state index contributed by atoms with van der Waals surface area (Å²) >= 11 is 0. The maximum Gasteiger partial charge on any atom is 0.0249 e. The molecule has 2 atom stereocenters. The fourth-order valence-electron chi connectivity index (χ4n) is 3.30. The van der Waals surface area contributed by atoms with Crippen LogP contribution in [0.15, 0.2) is 0 Å². The first-order chi connectivity index (χ1) is 7.42. The Morgan fingerprint density at radius 3 is 2.47 bits per heavy atom. The maximum absolute atomic E-state index is 3.71. The second-order valence-corrected chi connectivity index (χ2v) is 5.11. The van der Waals surface area contributed by atoms with Crippen LogP contribution in [0.5, 0.6) is 0 Å². The highest BCUT2D eigenvalue weighted by Crippen LogP contribution is 2.25. The van der Waals surface area contributed by atoms with Crippen LogP contribution in [-0.2, 0) is 0 Å². The molecule has 1 saturated carbocycles. The van der Waals surface area contributed by atoms with Gasteiger partial charge in [-0.3, -0.25) is 4.90 Å². The van der Waals surface area contributed by atoms with Crippen molar-refractivity contribution in [3.63, 3.8) is 0 Å². The minimum absolute atomic E-state index is 0.774. The fourth-order valence-corrected chi connectivity index (χ4v) is 3.30. The molecule has 0 aromatic heterocycles. The Hall–Kier alpha value is -0.0800. The van der Waals surface area contributed by atoms with E-state index in [1.54, 1.807) is 0 Å². The molecular formula is C13H26N2. The topological polar surface area (TPSA) is 15.3 Å². The lowest BCUT2D eigenvalue weighted by Gasteiger charge is -2.33. The Balaban J connectivity index is 1.95. The van der Waals surface area contributed by atoms with Gasteiger partial charge in [0.05, 0.1) is 0 Å². The van der Waals surface area contributed by atoms with Gasteiger partial charge in [-0.05, 0) is 45.3 Å². The molecule has 0 radical (unpaired) electrons. The predicted molar refractivity (Wildman–Crippen MR) is 65.1 cm³/mol. The van der Waals surface area contributed by atoms with E-state index in [9.17, 15) is 0 Å². The van der Waals surface area contributed by atoms with E-state index in [2.05, 4.69) is 17.1 Å². The summed E-state index contributed by atoms with van der Waals surface area (Å²) in [7, 11) is 0. The molecule has 1 heterocycles. The van der Waals surface area contributed by atoms with Crippen LogP contribution in [-0.4, -0.2) is 36.6 Å². The van der Waals surface area contributed by atoms with E-state index in [4.69, 9.17) is 0 Å². The van der Waals surface area contributed by atoms with Crippen LogP contribution in [0.4, 0.5) is 0 Å². The lowest BCUT2D eigenvalue weighted by molar-refractivity contribution is 0.182. The van der Waals surface area contributed by atoms with E-state index >= 15 is 0 Å². The fraction of sp³-hybridized carbons (Fsp3) is 1.00. The first kappa shape index (κ1) is 11.4. The largest absolute Gasteiger partial charge is 0.313 e. The van der Waals surface area contributed by atoms with Crippen LogP contribution in [0, 0.1) is 0 Å². The van der Waals surface area contributed by atoms with Crippen LogP contribution in [0.1, 0.15) is 51.9 Å². The second-order valence-electron chi connectivity index (χ2n) is 5.11. The average molecular weight is 210 g/mol. The molecule has 15 heavy (non-hydrogen) atoms. The van der Waals surface area contributed by atoms with Crippen molar-refractivity contribution in [2.24, 2.45) is 0 Å². The molecule has 0 spiro atoms. The van der Waals surface area contributed by atoms with Gasteiger partial charge in [-0.2, -0.15) is 0 Å². The minimum Gasteiger partial charge on any atom is -0.313 e. The summed E-state index contributed by atoms with van der Waals surface area (Å²) in [6.07, 6.45) is 10.0. The van der Waals surface area contributed by atoms with Crippen LogP contribution < -0.4 is 5.32 Å². The molecule has 2 aliphatic rings. The molecule has 88 valence electrons. The normalized spacial score (nSPS) is 34.2.